The molecule has 0 heterocycles. The predicted molar refractivity (Wildman–Crippen MR) is 520 cm³/mol. The van der Waals surface area contributed by atoms with E-state index >= 15 is 0 Å². The molecule has 0 aliphatic carbocycles. The van der Waals surface area contributed by atoms with E-state index in [9.17, 15) is 62.3 Å². The number of carboxylic acid groups (broad SMARTS) is 3. The number of carbonyl (C=O) groups excluding carboxylic acids is 10. The van der Waals surface area contributed by atoms with Crippen molar-refractivity contribution in [2.75, 3.05) is 28.4 Å². The van der Waals surface area contributed by atoms with Crippen molar-refractivity contribution in [2.24, 2.45) is 0 Å². The number of aryl methyl sites for hydroxylation is 3. The summed E-state index contributed by atoms with van der Waals surface area (Å²) in [6.07, 6.45) is 6.89. The molecule has 0 aliphatic rings. The van der Waals surface area contributed by atoms with Crippen LogP contribution in [0.5, 0.6) is 0 Å². The minimum atomic E-state index is -0.903. The van der Waals surface area contributed by atoms with Crippen molar-refractivity contribution in [2.45, 2.75) is 77.0 Å². The van der Waals surface area contributed by atoms with E-state index in [2.05, 4.69) is 49.8 Å². The van der Waals surface area contributed by atoms with E-state index in [1.54, 1.807) is 115 Å². The molecule has 0 aromatic heterocycles. The number of esters is 4. The number of aliphatic carboxylic acids is 3. The van der Waals surface area contributed by atoms with Crippen LogP contribution in [0.25, 0.3) is 22.3 Å². The molecule has 0 spiro atoms. The van der Waals surface area contributed by atoms with E-state index in [1.807, 2.05) is 237 Å². The highest BCUT2D eigenvalue weighted by Gasteiger charge is 2.17. The molecule has 3 N–H and O–H groups in total. The summed E-state index contributed by atoms with van der Waals surface area (Å²) < 4.78 is 18.0. The summed E-state index contributed by atoms with van der Waals surface area (Å²) in [5, 5.41) is 26.2. The van der Waals surface area contributed by atoms with Crippen molar-refractivity contribution in [1.82, 2.24) is 0 Å². The monoisotopic (exact) mass is 1800 g/mol. The van der Waals surface area contributed by atoms with Gasteiger partial charge in [0.2, 0.25) is 0 Å². The third-order valence-electron chi connectivity index (χ3n) is 20.5. The molecule has 0 atom stereocenters. The fourth-order valence-electron chi connectivity index (χ4n) is 13.4. The molecular weight excluding hydrogens is 1700 g/mol. The molecule has 0 fully saturated rings. The summed E-state index contributed by atoms with van der Waals surface area (Å²) in [6.45, 7) is 3.16. The van der Waals surface area contributed by atoms with Gasteiger partial charge in [0, 0.05) is 92.1 Å². The molecule has 0 amide bonds. The highest BCUT2D eigenvalue weighted by atomic mass is 16.5. The van der Waals surface area contributed by atoms with Crippen LogP contribution in [-0.2, 0) is 91.0 Å². The van der Waals surface area contributed by atoms with Crippen molar-refractivity contribution in [1.29, 1.82) is 0 Å². The van der Waals surface area contributed by atoms with E-state index in [1.165, 1.54) is 34.0 Å². The van der Waals surface area contributed by atoms with Crippen LogP contribution in [0.3, 0.4) is 0 Å². The molecule has 0 aliphatic heterocycles. The van der Waals surface area contributed by atoms with Gasteiger partial charge in [0.25, 0.3) is 0 Å². The molecule has 0 saturated heterocycles. The second-order valence-corrected chi connectivity index (χ2v) is 30.2. The maximum absolute atomic E-state index is 12.6. The quantitative estimate of drug-likeness (QED) is 0.0149. The molecule has 14 aromatic carbocycles. The number of methoxy groups -OCH3 is 4. The predicted octanol–water partition coefficient (Wildman–Crippen LogP) is 21.6. The lowest BCUT2D eigenvalue weighted by Crippen LogP contribution is -2.04. The Bertz CT molecular complexity index is 6240. The highest BCUT2D eigenvalue weighted by Crippen LogP contribution is 2.27. The lowest BCUT2D eigenvalue weighted by molar-refractivity contribution is -0.141. The van der Waals surface area contributed by atoms with Gasteiger partial charge in [-0.1, -0.05) is 358 Å². The van der Waals surface area contributed by atoms with E-state index in [0.29, 0.717) is 97.2 Å². The molecule has 0 saturated carbocycles. The fraction of sp³-hybridized carbons (Fsp3) is 0.139. The first-order valence-corrected chi connectivity index (χ1v) is 43.2. The van der Waals surface area contributed by atoms with E-state index in [4.69, 9.17) is 15.3 Å². The summed E-state index contributed by atoms with van der Waals surface area (Å²) in [7, 11) is 5.51. The molecule has 684 valence electrons. The average Bonchev–Trinajstić information content (AvgIpc) is 0.832. The van der Waals surface area contributed by atoms with Gasteiger partial charge in [-0.15, -0.1) is 0 Å². The van der Waals surface area contributed by atoms with Crippen LogP contribution < -0.4 is 0 Å². The summed E-state index contributed by atoms with van der Waals surface area (Å²) in [4.78, 5) is 149. The summed E-state index contributed by atoms with van der Waals surface area (Å²) in [5.74, 6) is -3.69. The Hall–Kier alpha value is -16.9. The summed E-state index contributed by atoms with van der Waals surface area (Å²) >= 11 is 0. The molecule has 0 unspecified atom stereocenters. The Morgan fingerprint density at radius 1 is 0.222 bits per heavy atom. The average molecular weight is 1810 g/mol. The van der Waals surface area contributed by atoms with Crippen molar-refractivity contribution in [3.63, 3.8) is 0 Å². The standard InChI is InChI=1S/C24H22O3.C21H16O3.2C18H18O3.2C15H12O3.C4H6O2/c1-27-23(25)12-5-7-18-13-15-19(16-14-18)21-10-6-11-22(17-21)24(26)20-8-3-2-4-9-20;22-20(23)13-15-9-11-16(12-10-15)18-7-4-8-19(14-18)21(24)17-5-2-1-3-6-17;1-21-17(19)12-6-8-14-7-5-11-16(13-14)18(20)15-9-3-2-4-10-15;1-21-17(19)9-5-6-14-10-12-16(13-11-14)18(20)15-7-3-2-4-8-15;16-14(17)10-11-5-4-8-13(9-11)15(18)12-6-2-1-3-7-12;16-14(17)10-11-6-8-13(9-7-11)15(18)12-4-2-1-3-5-12;1-3-4(5)6-2/h2-4,6,8-11,13-17H,5,7,12H2,1H3;1-12,14H,13H2,(H,22,23);2-5,7,9-11,13H,6,8,12H2,1H3;2-4,7-8,10-13H,5-6,9H2,1H3;2*1-9H,10H2,(H,16,17);3H,1H2,2H3. The summed E-state index contributed by atoms with van der Waals surface area (Å²) in [5.41, 5.74) is 17.1. The molecular formula is C115H104O20. The Morgan fingerprint density at radius 2 is 0.444 bits per heavy atom. The number of hydrogen-bond acceptors (Lipinski definition) is 17. The first-order valence-electron chi connectivity index (χ1n) is 43.2. The molecule has 0 radical (unpaired) electrons. The van der Waals surface area contributed by atoms with Crippen molar-refractivity contribution < 1.29 is 96.6 Å². The number of ketones is 6. The van der Waals surface area contributed by atoms with Crippen LogP contribution in [0, 0.1) is 0 Å². The molecule has 135 heavy (non-hydrogen) atoms. The minimum Gasteiger partial charge on any atom is -0.481 e. The van der Waals surface area contributed by atoms with Crippen molar-refractivity contribution in [3.8, 4) is 22.3 Å². The van der Waals surface area contributed by atoms with E-state index in [0.717, 1.165) is 83.5 Å². The van der Waals surface area contributed by atoms with Crippen LogP contribution in [-0.4, -0.2) is 120 Å². The van der Waals surface area contributed by atoms with Gasteiger partial charge in [0.15, 0.2) is 34.7 Å². The van der Waals surface area contributed by atoms with Gasteiger partial charge in [-0.05, 0) is 118 Å². The number of ether oxygens (including phenoxy) is 4. The zero-order valence-corrected chi connectivity index (χ0v) is 75.3. The maximum Gasteiger partial charge on any atom is 0.329 e. The van der Waals surface area contributed by atoms with Gasteiger partial charge < -0.3 is 34.3 Å². The third-order valence-corrected chi connectivity index (χ3v) is 20.5. The molecule has 20 nitrogen and oxygen atoms in total. The Balaban J connectivity index is 0.000000198. The van der Waals surface area contributed by atoms with Gasteiger partial charge in [-0.25, -0.2) is 4.79 Å². The van der Waals surface area contributed by atoms with Crippen molar-refractivity contribution in [3.05, 3.63) is 489 Å². The lowest BCUT2D eigenvalue weighted by Gasteiger charge is -2.07. The van der Waals surface area contributed by atoms with Crippen LogP contribution in [0.15, 0.2) is 389 Å². The number of carbonyl (C=O) groups is 13. The zero-order valence-electron chi connectivity index (χ0n) is 75.3. The number of carboxylic acids is 3. The number of rotatable bonds is 33. The largest absolute Gasteiger partial charge is 0.481 e. The lowest BCUT2D eigenvalue weighted by atomic mass is 9.97. The Morgan fingerprint density at radius 3 is 0.719 bits per heavy atom. The molecule has 0 bridgehead atoms. The Kier molecular flexibility index (Phi) is 43.4. The normalized spacial score (nSPS) is 10.0. The third kappa shape index (κ3) is 36.2. The minimum absolute atomic E-state index is 0.00676. The second kappa shape index (κ2) is 56.6. The van der Waals surface area contributed by atoms with Crippen LogP contribution in [0.4, 0.5) is 0 Å². The molecule has 20 heteroatoms. The molecule has 14 aromatic rings. The second-order valence-electron chi connectivity index (χ2n) is 30.2. The zero-order chi connectivity index (χ0) is 97.1. The van der Waals surface area contributed by atoms with Crippen molar-refractivity contribution >= 4 is 76.5 Å². The van der Waals surface area contributed by atoms with Crippen LogP contribution in [0.1, 0.15) is 167 Å². The fourth-order valence-corrected chi connectivity index (χ4v) is 13.4. The summed E-state index contributed by atoms with van der Waals surface area (Å²) in [6, 6.07) is 114. The van der Waals surface area contributed by atoms with Gasteiger partial charge in [-0.3, -0.25) is 57.5 Å². The Labute approximate surface area is 785 Å². The first kappa shape index (κ1) is 104. The molecule has 14 rings (SSSR count). The SMILES string of the molecule is C=CC(=O)OC.COC(=O)CCCc1ccc(-c2cccc(C(=O)c3ccccc3)c2)cc1.COC(=O)CCCc1ccc(C(=O)c2ccccc2)cc1.COC(=O)CCCc1cccc(C(=O)c2ccccc2)c1.O=C(O)Cc1ccc(-c2cccc(C(=O)c3ccccc3)c2)cc1.O=C(O)Cc1ccc(C(=O)c2ccccc2)cc1.O=C(O)Cc1cccc(C(=O)c2ccccc2)c1. The maximum atomic E-state index is 12.6. The topological polar surface area (TPSA) is 320 Å². The van der Waals surface area contributed by atoms with Gasteiger partial charge in [0.1, 0.15) is 0 Å². The van der Waals surface area contributed by atoms with Crippen LogP contribution >= 0.6 is 0 Å². The van der Waals surface area contributed by atoms with Crippen LogP contribution in [0.2, 0.25) is 0 Å². The van der Waals surface area contributed by atoms with Gasteiger partial charge in [0.05, 0.1) is 47.7 Å². The van der Waals surface area contributed by atoms with E-state index in [-0.39, 0.29) is 71.9 Å². The number of hydrogen-bond donors (Lipinski definition) is 3. The van der Waals surface area contributed by atoms with Gasteiger partial charge >= 0.3 is 41.8 Å². The van der Waals surface area contributed by atoms with E-state index < -0.39 is 23.9 Å². The smallest absolute Gasteiger partial charge is 0.329 e. The first-order chi connectivity index (χ1) is 65.3. The number of benzene rings is 14. The van der Waals surface area contributed by atoms with Gasteiger partial charge in [-0.2, -0.15) is 0 Å². The highest BCUT2D eigenvalue weighted by molar-refractivity contribution is 6.12.